The highest BCUT2D eigenvalue weighted by Crippen LogP contribution is 2.19. The lowest BCUT2D eigenvalue weighted by molar-refractivity contribution is -0.127. The molecule has 106 valence electrons. The molecule has 1 saturated heterocycles. The summed E-state index contributed by atoms with van der Waals surface area (Å²) in [6.07, 6.45) is 0.331. The molecule has 0 spiro atoms. The van der Waals surface area contributed by atoms with Gasteiger partial charge in [-0.05, 0) is 6.42 Å². The Hall–Kier alpha value is -0.730. The minimum atomic E-state index is -4.62. The Bertz CT molecular complexity index is 372. The van der Waals surface area contributed by atoms with Crippen molar-refractivity contribution in [2.24, 2.45) is 0 Å². The van der Waals surface area contributed by atoms with Gasteiger partial charge in [0.05, 0.1) is 13.2 Å². The quantitative estimate of drug-likeness (QED) is 0.461. The van der Waals surface area contributed by atoms with Crippen LogP contribution in [0.1, 0.15) is 12.8 Å². The summed E-state index contributed by atoms with van der Waals surface area (Å²) in [7, 11) is -3.05. The second-order valence-electron chi connectivity index (χ2n) is 4.10. The molecular weight excluding hydrogens is 265 g/mol. The standard InChI is InChI=1S/C10H18FNO5S/c1-16-5-6-17-4-2-3-12-8-9(7-10(12)13)18(11,14)15/h9H,2-8H2,1H3. The summed E-state index contributed by atoms with van der Waals surface area (Å²) in [5, 5.41) is -1.21. The van der Waals surface area contributed by atoms with Crippen LogP contribution in [0, 0.1) is 0 Å². The molecular formula is C10H18FNO5S. The minimum Gasteiger partial charge on any atom is -0.382 e. The first kappa shape index (κ1) is 15.3. The van der Waals surface area contributed by atoms with Gasteiger partial charge in [-0.3, -0.25) is 4.79 Å². The lowest BCUT2D eigenvalue weighted by Crippen LogP contribution is -2.29. The van der Waals surface area contributed by atoms with Crippen LogP contribution in [0.2, 0.25) is 0 Å². The highest BCUT2D eigenvalue weighted by Gasteiger charge is 2.37. The normalized spacial score (nSPS) is 20.7. The van der Waals surface area contributed by atoms with E-state index in [4.69, 9.17) is 9.47 Å². The molecule has 0 aromatic heterocycles. The van der Waals surface area contributed by atoms with Gasteiger partial charge in [-0.1, -0.05) is 0 Å². The molecule has 0 N–H and O–H groups in total. The van der Waals surface area contributed by atoms with Gasteiger partial charge in [-0.25, -0.2) is 0 Å². The molecule has 0 saturated carbocycles. The maximum Gasteiger partial charge on any atom is 0.307 e. The molecule has 1 aliphatic heterocycles. The lowest BCUT2D eigenvalue weighted by Gasteiger charge is -2.15. The van der Waals surface area contributed by atoms with E-state index in [2.05, 4.69) is 0 Å². The van der Waals surface area contributed by atoms with E-state index in [0.29, 0.717) is 32.8 Å². The van der Waals surface area contributed by atoms with Crippen LogP contribution in [0.4, 0.5) is 3.89 Å². The summed E-state index contributed by atoms with van der Waals surface area (Å²) in [5.41, 5.74) is 0. The molecule has 0 radical (unpaired) electrons. The zero-order valence-corrected chi connectivity index (χ0v) is 11.1. The first-order chi connectivity index (χ1) is 8.45. The zero-order valence-electron chi connectivity index (χ0n) is 10.3. The highest BCUT2D eigenvalue weighted by atomic mass is 32.3. The van der Waals surface area contributed by atoms with Gasteiger partial charge in [0.2, 0.25) is 5.91 Å². The van der Waals surface area contributed by atoms with Gasteiger partial charge < -0.3 is 14.4 Å². The number of carbonyl (C=O) groups excluding carboxylic acids is 1. The number of hydrogen-bond donors (Lipinski definition) is 0. The SMILES string of the molecule is COCCOCCCN1CC(S(=O)(=O)F)CC1=O. The maximum absolute atomic E-state index is 12.7. The number of carbonyl (C=O) groups is 1. The van der Waals surface area contributed by atoms with E-state index in [1.807, 2.05) is 0 Å². The van der Waals surface area contributed by atoms with Gasteiger partial charge in [0, 0.05) is 33.2 Å². The van der Waals surface area contributed by atoms with E-state index < -0.39 is 15.5 Å². The van der Waals surface area contributed by atoms with E-state index in [9.17, 15) is 17.1 Å². The number of likely N-dealkylation sites (tertiary alicyclic amines) is 1. The molecule has 0 aliphatic carbocycles. The average Bonchev–Trinajstić information content (AvgIpc) is 2.65. The fourth-order valence-corrected chi connectivity index (χ4v) is 2.44. The molecule has 1 atom stereocenters. The molecule has 1 amide bonds. The topological polar surface area (TPSA) is 72.9 Å². The number of nitrogens with zero attached hydrogens (tertiary/aromatic N) is 1. The van der Waals surface area contributed by atoms with Gasteiger partial charge >= 0.3 is 10.2 Å². The summed E-state index contributed by atoms with van der Waals surface area (Å²) < 4.78 is 44.1. The van der Waals surface area contributed by atoms with Crippen molar-refractivity contribution in [2.75, 3.05) is 40.0 Å². The molecule has 18 heavy (non-hydrogen) atoms. The summed E-state index contributed by atoms with van der Waals surface area (Å²) in [5.74, 6) is -0.321. The Morgan fingerprint density at radius 1 is 1.39 bits per heavy atom. The highest BCUT2D eigenvalue weighted by molar-refractivity contribution is 7.87. The van der Waals surface area contributed by atoms with E-state index >= 15 is 0 Å². The van der Waals surface area contributed by atoms with Crippen molar-refractivity contribution in [1.82, 2.24) is 4.90 Å². The fraction of sp³-hybridized carbons (Fsp3) is 0.900. The summed E-state index contributed by atoms with van der Waals surface area (Å²) in [6, 6.07) is 0. The average molecular weight is 283 g/mol. The Labute approximate surface area is 106 Å². The third kappa shape index (κ3) is 4.87. The van der Waals surface area contributed by atoms with E-state index in [0.717, 1.165) is 0 Å². The van der Waals surface area contributed by atoms with Gasteiger partial charge in [-0.15, -0.1) is 3.89 Å². The molecule has 0 aromatic carbocycles. The Morgan fingerprint density at radius 2 is 2.11 bits per heavy atom. The monoisotopic (exact) mass is 283 g/mol. The maximum atomic E-state index is 12.7. The third-order valence-corrected chi connectivity index (χ3v) is 3.84. The molecule has 1 aliphatic rings. The van der Waals surface area contributed by atoms with Crippen molar-refractivity contribution < 1.29 is 26.6 Å². The largest absolute Gasteiger partial charge is 0.382 e. The number of methoxy groups -OCH3 is 1. The van der Waals surface area contributed by atoms with E-state index in [-0.39, 0.29) is 18.9 Å². The van der Waals surface area contributed by atoms with Crippen molar-refractivity contribution in [3.05, 3.63) is 0 Å². The fourth-order valence-electron chi connectivity index (χ4n) is 1.74. The van der Waals surface area contributed by atoms with Crippen LogP contribution < -0.4 is 0 Å². The van der Waals surface area contributed by atoms with E-state index in [1.54, 1.807) is 7.11 Å². The Kier molecular flexibility index (Phi) is 5.97. The van der Waals surface area contributed by atoms with Crippen LogP contribution in [-0.2, 0) is 24.5 Å². The summed E-state index contributed by atoms with van der Waals surface area (Å²) in [4.78, 5) is 12.8. The van der Waals surface area contributed by atoms with Crippen LogP contribution in [0.5, 0.6) is 0 Å². The number of ether oxygens (including phenoxy) is 2. The molecule has 1 rings (SSSR count). The first-order valence-corrected chi connectivity index (χ1v) is 7.17. The smallest absolute Gasteiger partial charge is 0.307 e. The summed E-state index contributed by atoms with van der Waals surface area (Å²) >= 11 is 0. The van der Waals surface area contributed by atoms with Crippen LogP contribution in [0.3, 0.4) is 0 Å². The number of halogens is 1. The Morgan fingerprint density at radius 3 is 2.67 bits per heavy atom. The first-order valence-electron chi connectivity index (χ1n) is 5.73. The van der Waals surface area contributed by atoms with Crippen molar-refractivity contribution in [3.8, 4) is 0 Å². The van der Waals surface area contributed by atoms with Crippen molar-refractivity contribution in [3.63, 3.8) is 0 Å². The molecule has 1 heterocycles. The van der Waals surface area contributed by atoms with Crippen LogP contribution in [-0.4, -0.2) is 64.5 Å². The van der Waals surface area contributed by atoms with Gasteiger partial charge in [0.15, 0.2) is 0 Å². The predicted octanol–water partition coefficient (Wildman–Crippen LogP) is -0.0603. The van der Waals surface area contributed by atoms with Gasteiger partial charge in [0.1, 0.15) is 5.25 Å². The Balaban J connectivity index is 2.22. The van der Waals surface area contributed by atoms with E-state index in [1.165, 1.54) is 4.90 Å². The predicted molar refractivity (Wildman–Crippen MR) is 62.3 cm³/mol. The van der Waals surface area contributed by atoms with Crippen molar-refractivity contribution in [2.45, 2.75) is 18.1 Å². The number of hydrogen-bond acceptors (Lipinski definition) is 5. The molecule has 0 aromatic rings. The summed E-state index contributed by atoms with van der Waals surface area (Å²) in [6.45, 7) is 1.77. The van der Waals surface area contributed by atoms with Crippen molar-refractivity contribution >= 4 is 16.1 Å². The number of rotatable bonds is 8. The molecule has 1 fully saturated rings. The molecule has 6 nitrogen and oxygen atoms in total. The second kappa shape index (κ2) is 7.01. The lowest BCUT2D eigenvalue weighted by atomic mass is 10.4. The molecule has 0 bridgehead atoms. The second-order valence-corrected chi connectivity index (χ2v) is 5.72. The molecule has 1 unspecified atom stereocenters. The van der Waals surface area contributed by atoms with Gasteiger partial charge in [-0.2, -0.15) is 8.42 Å². The van der Waals surface area contributed by atoms with Crippen LogP contribution in [0.15, 0.2) is 0 Å². The number of amides is 1. The van der Waals surface area contributed by atoms with Gasteiger partial charge in [0.25, 0.3) is 0 Å². The van der Waals surface area contributed by atoms with Crippen molar-refractivity contribution in [1.29, 1.82) is 0 Å². The zero-order chi connectivity index (χ0) is 13.6. The van der Waals surface area contributed by atoms with Crippen LogP contribution in [0.25, 0.3) is 0 Å². The third-order valence-electron chi connectivity index (χ3n) is 2.73. The van der Waals surface area contributed by atoms with Crippen LogP contribution >= 0.6 is 0 Å². The minimum absolute atomic E-state index is 0.0598. The molecule has 8 heteroatoms.